The van der Waals surface area contributed by atoms with E-state index >= 15 is 0 Å². The molecule has 0 N–H and O–H groups in total. The van der Waals surface area contributed by atoms with Crippen LogP contribution in [0.25, 0.3) is 10.9 Å². The van der Waals surface area contributed by atoms with Crippen molar-refractivity contribution >= 4 is 28.3 Å². The van der Waals surface area contributed by atoms with Crippen LogP contribution in [0.1, 0.15) is 54.7 Å². The molecule has 5 heteroatoms. The van der Waals surface area contributed by atoms with E-state index in [0.29, 0.717) is 28.7 Å². The molecule has 30 heavy (non-hydrogen) atoms. The van der Waals surface area contributed by atoms with Crippen molar-refractivity contribution in [3.8, 4) is 0 Å². The summed E-state index contributed by atoms with van der Waals surface area (Å²) < 4.78 is 14.2. The van der Waals surface area contributed by atoms with E-state index in [1.54, 1.807) is 25.4 Å². The van der Waals surface area contributed by atoms with E-state index in [1.165, 1.54) is 5.56 Å². The molecular formula is C25H24ClFN2O. The van der Waals surface area contributed by atoms with Crippen LogP contribution < -0.4 is 0 Å². The fraction of sp³-hybridized carbons (Fsp3) is 0.400. The standard InChI is InChI=1S/C25H24ClFN2O/c1-15-8-23-20(11-22(15)27)19(4-7-29-23)17-2-5-25(6-3-17)12-21(25)24(30)10-16-9-18(26)14-28-13-16/h4,7-9,11,13-14,17,21H,2-3,5-6,10,12H2,1H3. The van der Waals surface area contributed by atoms with E-state index in [4.69, 9.17) is 11.6 Å². The van der Waals surface area contributed by atoms with Crippen LogP contribution in [0.4, 0.5) is 4.39 Å². The molecular weight excluding hydrogens is 399 g/mol. The van der Waals surface area contributed by atoms with Gasteiger partial charge in [0.05, 0.1) is 10.5 Å². The first-order chi connectivity index (χ1) is 14.4. The lowest BCUT2D eigenvalue weighted by molar-refractivity contribution is -0.120. The fourth-order valence-corrected chi connectivity index (χ4v) is 5.58. The minimum Gasteiger partial charge on any atom is -0.299 e. The first-order valence-electron chi connectivity index (χ1n) is 10.6. The number of fused-ring (bicyclic) bond motifs is 1. The summed E-state index contributed by atoms with van der Waals surface area (Å²) in [5.74, 6) is 0.695. The van der Waals surface area contributed by atoms with Gasteiger partial charge >= 0.3 is 0 Å². The summed E-state index contributed by atoms with van der Waals surface area (Å²) in [5.41, 5.74) is 3.75. The maximum Gasteiger partial charge on any atom is 0.140 e. The van der Waals surface area contributed by atoms with Gasteiger partial charge in [0.25, 0.3) is 0 Å². The smallest absolute Gasteiger partial charge is 0.140 e. The van der Waals surface area contributed by atoms with Gasteiger partial charge in [-0.3, -0.25) is 14.8 Å². The monoisotopic (exact) mass is 422 g/mol. The number of hydrogen-bond donors (Lipinski definition) is 0. The summed E-state index contributed by atoms with van der Waals surface area (Å²) in [6.45, 7) is 1.77. The van der Waals surface area contributed by atoms with Gasteiger partial charge in [-0.2, -0.15) is 0 Å². The zero-order chi connectivity index (χ0) is 20.9. The molecule has 1 unspecified atom stereocenters. The van der Waals surface area contributed by atoms with E-state index in [-0.39, 0.29) is 17.2 Å². The number of hydrogen-bond acceptors (Lipinski definition) is 3. The van der Waals surface area contributed by atoms with Gasteiger partial charge in [-0.1, -0.05) is 11.6 Å². The molecule has 1 atom stereocenters. The average Bonchev–Trinajstić information content (AvgIpc) is 3.43. The Balaban J connectivity index is 1.28. The third-order valence-corrected chi connectivity index (χ3v) is 7.40. The number of pyridine rings is 2. The third-order valence-electron chi connectivity index (χ3n) is 7.20. The Morgan fingerprint density at radius 2 is 2.03 bits per heavy atom. The Morgan fingerprint density at radius 1 is 1.23 bits per heavy atom. The summed E-state index contributed by atoms with van der Waals surface area (Å²) in [5, 5.41) is 1.50. The van der Waals surface area contributed by atoms with Gasteiger partial charge in [0.15, 0.2) is 0 Å². The summed E-state index contributed by atoms with van der Waals surface area (Å²) in [7, 11) is 0. The number of aryl methyl sites for hydroxylation is 1. The van der Waals surface area contributed by atoms with E-state index in [0.717, 1.165) is 48.6 Å². The molecule has 3 nitrogen and oxygen atoms in total. The molecule has 0 saturated heterocycles. The minimum absolute atomic E-state index is 0.159. The summed E-state index contributed by atoms with van der Waals surface area (Å²) in [6.07, 6.45) is 10.8. The van der Waals surface area contributed by atoms with Crippen molar-refractivity contribution in [1.29, 1.82) is 0 Å². The van der Waals surface area contributed by atoms with E-state index in [1.807, 2.05) is 24.4 Å². The van der Waals surface area contributed by atoms with Crippen molar-refractivity contribution in [3.63, 3.8) is 0 Å². The molecule has 2 heterocycles. The van der Waals surface area contributed by atoms with Gasteiger partial charge in [0.2, 0.25) is 0 Å². The lowest BCUT2D eigenvalue weighted by Crippen LogP contribution is -2.20. The van der Waals surface area contributed by atoms with Crippen molar-refractivity contribution in [1.82, 2.24) is 9.97 Å². The number of rotatable bonds is 4. The summed E-state index contributed by atoms with van der Waals surface area (Å²) in [4.78, 5) is 21.4. The van der Waals surface area contributed by atoms with E-state index in [9.17, 15) is 9.18 Å². The van der Waals surface area contributed by atoms with Crippen molar-refractivity contribution in [2.45, 2.75) is 51.4 Å². The first kappa shape index (κ1) is 19.6. The Labute approximate surface area is 180 Å². The van der Waals surface area contributed by atoms with Crippen LogP contribution >= 0.6 is 11.6 Å². The molecule has 0 aliphatic heterocycles. The Morgan fingerprint density at radius 3 is 2.80 bits per heavy atom. The van der Waals surface area contributed by atoms with Gasteiger partial charge in [0.1, 0.15) is 11.6 Å². The van der Waals surface area contributed by atoms with Crippen molar-refractivity contribution in [2.24, 2.45) is 11.3 Å². The maximum atomic E-state index is 14.2. The second-order valence-corrected chi connectivity index (χ2v) is 9.50. The van der Waals surface area contributed by atoms with Gasteiger partial charge in [0, 0.05) is 36.3 Å². The summed E-state index contributed by atoms with van der Waals surface area (Å²) in [6, 6.07) is 7.34. The van der Waals surface area contributed by atoms with Gasteiger partial charge in [-0.25, -0.2) is 4.39 Å². The normalized spacial score (nSPS) is 25.6. The van der Waals surface area contributed by atoms with Crippen LogP contribution in [0.15, 0.2) is 42.9 Å². The van der Waals surface area contributed by atoms with Crippen LogP contribution in [0.5, 0.6) is 0 Å². The quantitative estimate of drug-likeness (QED) is 0.502. The second kappa shape index (κ2) is 7.42. The van der Waals surface area contributed by atoms with E-state index < -0.39 is 0 Å². The molecule has 1 spiro atoms. The molecule has 2 aliphatic carbocycles. The predicted octanol–water partition coefficient (Wildman–Crippen LogP) is 6.21. The molecule has 0 amide bonds. The fourth-order valence-electron chi connectivity index (χ4n) is 5.38. The molecule has 0 bridgehead atoms. The Hall–Kier alpha value is -2.33. The zero-order valence-electron chi connectivity index (χ0n) is 17.0. The number of Topliss-reactive ketones (excluding diaryl/α,β-unsaturated/α-hetero) is 1. The highest BCUT2D eigenvalue weighted by molar-refractivity contribution is 6.30. The van der Waals surface area contributed by atoms with Gasteiger partial charge < -0.3 is 0 Å². The van der Waals surface area contributed by atoms with Crippen LogP contribution in [0.3, 0.4) is 0 Å². The molecule has 0 radical (unpaired) electrons. The molecule has 154 valence electrons. The van der Waals surface area contributed by atoms with Gasteiger partial charge in [-0.15, -0.1) is 0 Å². The highest BCUT2D eigenvalue weighted by Gasteiger charge is 2.57. The molecule has 2 fully saturated rings. The number of ketones is 1. The number of halogens is 2. The lowest BCUT2D eigenvalue weighted by atomic mass is 9.74. The Bertz CT molecular complexity index is 1140. The Kier molecular flexibility index (Phi) is 4.85. The van der Waals surface area contributed by atoms with Crippen molar-refractivity contribution < 1.29 is 9.18 Å². The molecule has 3 aromatic rings. The van der Waals surface area contributed by atoms with E-state index in [2.05, 4.69) is 9.97 Å². The number of benzene rings is 1. The highest BCUT2D eigenvalue weighted by Crippen LogP contribution is 2.63. The largest absolute Gasteiger partial charge is 0.299 e. The number of nitrogens with zero attached hydrogens (tertiary/aromatic N) is 2. The van der Waals surface area contributed by atoms with Crippen molar-refractivity contribution in [2.75, 3.05) is 0 Å². The summed E-state index contributed by atoms with van der Waals surface area (Å²) >= 11 is 6.00. The first-order valence-corrected chi connectivity index (χ1v) is 11.0. The predicted molar refractivity (Wildman–Crippen MR) is 116 cm³/mol. The number of carbonyl (C=O) groups excluding carboxylic acids is 1. The second-order valence-electron chi connectivity index (χ2n) is 9.07. The zero-order valence-corrected chi connectivity index (χ0v) is 17.8. The average molecular weight is 423 g/mol. The number of carbonyl (C=O) groups is 1. The third kappa shape index (κ3) is 3.51. The van der Waals surface area contributed by atoms with Crippen LogP contribution in [-0.2, 0) is 11.2 Å². The topological polar surface area (TPSA) is 42.9 Å². The van der Waals surface area contributed by atoms with Gasteiger partial charge in [-0.05, 0) is 91.3 Å². The molecule has 5 rings (SSSR count). The maximum absolute atomic E-state index is 14.2. The molecule has 2 aliphatic rings. The minimum atomic E-state index is -0.174. The van der Waals surface area contributed by atoms with Crippen LogP contribution in [-0.4, -0.2) is 15.8 Å². The number of aromatic nitrogens is 2. The lowest BCUT2D eigenvalue weighted by Gasteiger charge is -2.30. The SMILES string of the molecule is Cc1cc2nccc(C3CCC4(CC3)CC4C(=O)Cc3cncc(Cl)c3)c2cc1F. The van der Waals surface area contributed by atoms with Crippen LogP contribution in [0, 0.1) is 24.1 Å². The molecule has 1 aromatic carbocycles. The highest BCUT2D eigenvalue weighted by atomic mass is 35.5. The molecule has 2 saturated carbocycles. The van der Waals surface area contributed by atoms with Crippen molar-refractivity contribution in [3.05, 3.63) is 70.4 Å². The van der Waals surface area contributed by atoms with Crippen LogP contribution in [0.2, 0.25) is 5.02 Å². The molecule has 2 aromatic heterocycles.